The molecule has 0 saturated heterocycles. The molecular weight excluding hydrogens is 191 g/mol. The van der Waals surface area contributed by atoms with E-state index < -0.39 is 0 Å². The first-order chi connectivity index (χ1) is 3.55. The van der Waals surface area contributed by atoms with Gasteiger partial charge in [-0.2, -0.15) is 0 Å². The Balaban J connectivity index is 3.64. The minimum absolute atomic E-state index is 0.0864. The highest BCUT2D eigenvalue weighted by molar-refractivity contribution is 9.09. The highest BCUT2D eigenvalue weighted by atomic mass is 79.9. The zero-order chi connectivity index (χ0) is 6.73. The molecule has 0 radical (unpaired) electrons. The second kappa shape index (κ2) is 3.46. The molecule has 0 aromatic carbocycles. The van der Waals surface area contributed by atoms with Crippen LogP contribution in [0.5, 0.6) is 0 Å². The van der Waals surface area contributed by atoms with Crippen LogP contribution >= 0.6 is 27.5 Å². The van der Waals surface area contributed by atoms with E-state index in [4.69, 9.17) is 11.6 Å². The van der Waals surface area contributed by atoms with E-state index in [2.05, 4.69) is 15.9 Å². The molecule has 0 heterocycles. The topological polar surface area (TPSA) is 17.1 Å². The maximum atomic E-state index is 10.3. The average Bonchev–Trinajstić information content (AvgIpc) is 1.64. The van der Waals surface area contributed by atoms with E-state index in [0.29, 0.717) is 0 Å². The lowest BCUT2D eigenvalue weighted by Gasteiger charge is -2.05. The van der Waals surface area contributed by atoms with Gasteiger partial charge in [0, 0.05) is 10.7 Å². The summed E-state index contributed by atoms with van der Waals surface area (Å²) < 4.78 is 0. The van der Waals surface area contributed by atoms with Crippen LogP contribution in [0.25, 0.3) is 0 Å². The van der Waals surface area contributed by atoms with Crippen LogP contribution in [0.1, 0.15) is 13.8 Å². The molecular formula is C5H8BrClO. The Morgan fingerprint density at radius 2 is 2.00 bits per heavy atom. The Hall–Kier alpha value is 0.440. The summed E-state index contributed by atoms with van der Waals surface area (Å²) in [6.45, 7) is 3.68. The molecule has 0 spiro atoms. The number of hydrogen-bond acceptors (Lipinski definition) is 1. The van der Waals surface area contributed by atoms with Crippen LogP contribution in [0.3, 0.4) is 0 Å². The highest BCUT2D eigenvalue weighted by Crippen LogP contribution is 2.13. The molecule has 0 rings (SSSR count). The predicted octanol–water partition coefficient (Wildman–Crippen LogP) is 2.17. The van der Waals surface area contributed by atoms with Gasteiger partial charge in [0.2, 0.25) is 5.24 Å². The molecule has 0 aromatic heterocycles. The van der Waals surface area contributed by atoms with E-state index in [1.54, 1.807) is 6.92 Å². The van der Waals surface area contributed by atoms with Gasteiger partial charge in [-0.1, -0.05) is 29.8 Å². The van der Waals surface area contributed by atoms with Crippen molar-refractivity contribution in [2.45, 2.75) is 18.7 Å². The molecule has 2 atom stereocenters. The Morgan fingerprint density at radius 3 is 2.00 bits per heavy atom. The molecule has 0 aliphatic carbocycles. The van der Waals surface area contributed by atoms with Crippen molar-refractivity contribution in [2.75, 3.05) is 0 Å². The number of carbonyl (C=O) groups is 1. The summed E-state index contributed by atoms with van der Waals surface area (Å²) in [4.78, 5) is 10.5. The van der Waals surface area contributed by atoms with Crippen molar-refractivity contribution in [3.63, 3.8) is 0 Å². The third-order valence-corrected chi connectivity index (χ3v) is 2.18. The fraction of sp³-hybridized carbons (Fsp3) is 0.800. The van der Waals surface area contributed by atoms with E-state index in [9.17, 15) is 4.79 Å². The van der Waals surface area contributed by atoms with Gasteiger partial charge in [0.25, 0.3) is 0 Å². The molecule has 48 valence electrons. The van der Waals surface area contributed by atoms with Crippen molar-refractivity contribution in [1.82, 2.24) is 0 Å². The molecule has 0 aliphatic heterocycles. The standard InChI is InChI=1S/C5H8BrClO/c1-3(4(2)6)5(7)8/h3-4H,1-2H3. The second-order valence-electron chi connectivity index (χ2n) is 1.77. The number of rotatable bonds is 2. The number of alkyl halides is 1. The summed E-state index contributed by atoms with van der Waals surface area (Å²) in [5.74, 6) is -0.0864. The van der Waals surface area contributed by atoms with E-state index in [1.807, 2.05) is 6.92 Å². The molecule has 0 N–H and O–H groups in total. The maximum absolute atomic E-state index is 10.3. The van der Waals surface area contributed by atoms with Gasteiger partial charge in [-0.05, 0) is 11.6 Å². The minimum Gasteiger partial charge on any atom is -0.281 e. The molecule has 0 aliphatic rings. The molecule has 8 heavy (non-hydrogen) atoms. The first kappa shape index (κ1) is 8.44. The van der Waals surface area contributed by atoms with Crippen molar-refractivity contribution >= 4 is 32.8 Å². The third-order valence-electron chi connectivity index (χ3n) is 1.05. The molecule has 2 unspecified atom stereocenters. The van der Waals surface area contributed by atoms with Crippen LogP contribution in [0.15, 0.2) is 0 Å². The monoisotopic (exact) mass is 198 g/mol. The van der Waals surface area contributed by atoms with Gasteiger partial charge < -0.3 is 0 Å². The van der Waals surface area contributed by atoms with Gasteiger partial charge in [-0.3, -0.25) is 4.79 Å². The maximum Gasteiger partial charge on any atom is 0.225 e. The summed E-state index contributed by atoms with van der Waals surface area (Å²) in [6, 6.07) is 0. The van der Waals surface area contributed by atoms with Gasteiger partial charge in [-0.15, -0.1) is 0 Å². The number of carbonyl (C=O) groups excluding carboxylic acids is 1. The van der Waals surface area contributed by atoms with Gasteiger partial charge in [0.05, 0.1) is 0 Å². The first-order valence-electron chi connectivity index (χ1n) is 2.39. The van der Waals surface area contributed by atoms with Crippen LogP contribution in [0.4, 0.5) is 0 Å². The normalized spacial score (nSPS) is 17.5. The molecule has 0 amide bonds. The largest absolute Gasteiger partial charge is 0.281 e. The lowest BCUT2D eigenvalue weighted by Crippen LogP contribution is -2.12. The van der Waals surface area contributed by atoms with Crippen molar-refractivity contribution in [3.8, 4) is 0 Å². The number of halogens is 2. The highest BCUT2D eigenvalue weighted by Gasteiger charge is 2.14. The van der Waals surface area contributed by atoms with E-state index in [0.717, 1.165) is 0 Å². The Kier molecular flexibility index (Phi) is 3.65. The Labute approximate surface area is 62.5 Å². The molecule has 1 nitrogen and oxygen atoms in total. The van der Waals surface area contributed by atoms with Gasteiger partial charge >= 0.3 is 0 Å². The molecule has 0 fully saturated rings. The predicted molar refractivity (Wildman–Crippen MR) is 38.4 cm³/mol. The average molecular weight is 199 g/mol. The van der Waals surface area contributed by atoms with E-state index in [-0.39, 0.29) is 16.0 Å². The van der Waals surface area contributed by atoms with E-state index >= 15 is 0 Å². The summed E-state index contributed by atoms with van der Waals surface area (Å²) >= 11 is 8.39. The lowest BCUT2D eigenvalue weighted by atomic mass is 10.1. The van der Waals surface area contributed by atoms with Gasteiger partial charge in [0.1, 0.15) is 0 Å². The molecule has 3 heteroatoms. The SMILES string of the molecule is CC(Br)C(C)C(=O)Cl. The zero-order valence-electron chi connectivity index (χ0n) is 4.82. The molecule has 0 saturated carbocycles. The quantitative estimate of drug-likeness (QED) is 0.492. The molecule has 0 aromatic rings. The van der Waals surface area contributed by atoms with Crippen LogP contribution in [0, 0.1) is 5.92 Å². The van der Waals surface area contributed by atoms with Crippen molar-refractivity contribution < 1.29 is 4.79 Å². The van der Waals surface area contributed by atoms with Crippen LogP contribution in [0.2, 0.25) is 0 Å². The Morgan fingerprint density at radius 1 is 1.62 bits per heavy atom. The fourth-order valence-corrected chi connectivity index (χ4v) is 0.762. The number of hydrogen-bond donors (Lipinski definition) is 0. The van der Waals surface area contributed by atoms with Gasteiger partial charge in [-0.25, -0.2) is 0 Å². The molecule has 0 bridgehead atoms. The smallest absolute Gasteiger partial charge is 0.225 e. The van der Waals surface area contributed by atoms with Gasteiger partial charge in [0.15, 0.2) is 0 Å². The fourth-order valence-electron chi connectivity index (χ4n) is 0.181. The van der Waals surface area contributed by atoms with Crippen LogP contribution in [-0.4, -0.2) is 10.1 Å². The minimum atomic E-state index is -0.283. The van der Waals surface area contributed by atoms with Crippen molar-refractivity contribution in [1.29, 1.82) is 0 Å². The Bertz CT molecular complexity index is 92.4. The van der Waals surface area contributed by atoms with Crippen molar-refractivity contribution in [3.05, 3.63) is 0 Å². The van der Waals surface area contributed by atoms with Crippen LogP contribution < -0.4 is 0 Å². The third kappa shape index (κ3) is 2.68. The van der Waals surface area contributed by atoms with Crippen molar-refractivity contribution in [2.24, 2.45) is 5.92 Å². The summed E-state index contributed by atoms with van der Waals surface area (Å²) in [5, 5.41) is -0.283. The second-order valence-corrected chi connectivity index (χ2v) is 3.59. The summed E-state index contributed by atoms with van der Waals surface area (Å²) in [5.41, 5.74) is 0. The summed E-state index contributed by atoms with van der Waals surface area (Å²) in [6.07, 6.45) is 0. The zero-order valence-corrected chi connectivity index (χ0v) is 7.16. The van der Waals surface area contributed by atoms with E-state index in [1.165, 1.54) is 0 Å². The lowest BCUT2D eigenvalue weighted by molar-refractivity contribution is -0.114. The van der Waals surface area contributed by atoms with Crippen LogP contribution in [-0.2, 0) is 4.79 Å². The first-order valence-corrected chi connectivity index (χ1v) is 3.68. The summed E-state index contributed by atoms with van der Waals surface area (Å²) in [7, 11) is 0.